The van der Waals surface area contributed by atoms with Gasteiger partial charge in [-0.25, -0.2) is 0 Å². The van der Waals surface area contributed by atoms with Crippen LogP contribution in [0.4, 0.5) is 0 Å². The predicted molar refractivity (Wildman–Crippen MR) is 105 cm³/mol. The van der Waals surface area contributed by atoms with E-state index in [1.54, 1.807) is 23.1 Å². The molecule has 1 fully saturated rings. The molecule has 0 radical (unpaired) electrons. The summed E-state index contributed by atoms with van der Waals surface area (Å²) in [5.41, 5.74) is 1.40. The van der Waals surface area contributed by atoms with Crippen LogP contribution in [0.2, 0.25) is 0 Å². The van der Waals surface area contributed by atoms with Crippen LogP contribution in [0.25, 0.3) is 0 Å². The van der Waals surface area contributed by atoms with Crippen molar-refractivity contribution in [3.8, 4) is 11.5 Å². The minimum absolute atomic E-state index is 0.185. The molecular formula is C22H25NO5. The number of carbonyl (C=O) groups excluding carboxylic acids is 1. The Balaban J connectivity index is 1.84. The van der Waals surface area contributed by atoms with Gasteiger partial charge in [-0.2, -0.15) is 0 Å². The molecule has 1 aliphatic rings. The fourth-order valence-electron chi connectivity index (χ4n) is 3.62. The van der Waals surface area contributed by atoms with Gasteiger partial charge in [0.2, 0.25) is 0 Å². The lowest BCUT2D eigenvalue weighted by Gasteiger charge is -2.18. The smallest absolute Gasteiger partial charge is 0.308 e. The number of nitrogens with zero attached hydrogens (tertiary/aromatic N) is 1. The molecule has 1 aliphatic heterocycles. The average Bonchev–Trinajstić information content (AvgIpc) is 3.15. The van der Waals surface area contributed by atoms with Crippen LogP contribution >= 0.6 is 0 Å². The van der Waals surface area contributed by atoms with Crippen molar-refractivity contribution >= 4 is 11.9 Å². The van der Waals surface area contributed by atoms with Crippen molar-refractivity contribution < 1.29 is 24.2 Å². The zero-order valence-electron chi connectivity index (χ0n) is 16.1. The molecule has 3 rings (SSSR count). The summed E-state index contributed by atoms with van der Waals surface area (Å²) in [5, 5.41) is 9.65. The quantitative estimate of drug-likeness (QED) is 0.793. The van der Waals surface area contributed by atoms with Gasteiger partial charge >= 0.3 is 5.97 Å². The van der Waals surface area contributed by atoms with Crippen LogP contribution in [-0.2, 0) is 4.79 Å². The Bertz CT molecular complexity index is 836. The van der Waals surface area contributed by atoms with Crippen molar-refractivity contribution in [2.75, 3.05) is 26.3 Å². The van der Waals surface area contributed by atoms with E-state index in [0.29, 0.717) is 36.8 Å². The van der Waals surface area contributed by atoms with Crippen molar-refractivity contribution in [2.24, 2.45) is 5.92 Å². The van der Waals surface area contributed by atoms with Gasteiger partial charge in [0.25, 0.3) is 5.91 Å². The average molecular weight is 383 g/mol. The largest absolute Gasteiger partial charge is 0.490 e. The Kier molecular flexibility index (Phi) is 6.19. The fourth-order valence-corrected chi connectivity index (χ4v) is 3.62. The lowest BCUT2D eigenvalue weighted by Crippen LogP contribution is -2.30. The topological polar surface area (TPSA) is 76.1 Å². The predicted octanol–water partition coefficient (Wildman–Crippen LogP) is 3.42. The summed E-state index contributed by atoms with van der Waals surface area (Å²) in [6.07, 6.45) is 0. The minimum atomic E-state index is -0.883. The highest BCUT2D eigenvalue weighted by Crippen LogP contribution is 2.35. The van der Waals surface area contributed by atoms with E-state index in [1.165, 1.54) is 0 Å². The third-order valence-corrected chi connectivity index (χ3v) is 4.94. The highest BCUT2D eigenvalue weighted by atomic mass is 16.5. The summed E-state index contributed by atoms with van der Waals surface area (Å²) >= 11 is 0. The summed E-state index contributed by atoms with van der Waals surface area (Å²) in [7, 11) is 0. The van der Waals surface area contributed by atoms with Gasteiger partial charge in [0.15, 0.2) is 11.5 Å². The Morgan fingerprint density at radius 2 is 1.68 bits per heavy atom. The monoisotopic (exact) mass is 383 g/mol. The molecule has 2 atom stereocenters. The molecule has 2 aromatic carbocycles. The van der Waals surface area contributed by atoms with Crippen LogP contribution in [-0.4, -0.2) is 48.2 Å². The van der Waals surface area contributed by atoms with Gasteiger partial charge in [-0.1, -0.05) is 30.3 Å². The summed E-state index contributed by atoms with van der Waals surface area (Å²) in [6, 6.07) is 14.6. The SMILES string of the molecule is CCOc1ccc(C(=O)N2CC(C(=O)O)C(c3ccccc3)C2)cc1OCC. The van der Waals surface area contributed by atoms with Crippen LogP contribution < -0.4 is 9.47 Å². The van der Waals surface area contributed by atoms with Gasteiger partial charge in [-0.3, -0.25) is 9.59 Å². The maximum Gasteiger partial charge on any atom is 0.308 e. The Hall–Kier alpha value is -3.02. The number of hydrogen-bond donors (Lipinski definition) is 1. The number of likely N-dealkylation sites (tertiary alicyclic amines) is 1. The molecule has 1 amide bonds. The molecule has 148 valence electrons. The third kappa shape index (κ3) is 4.11. The number of amides is 1. The summed E-state index contributed by atoms with van der Waals surface area (Å²) < 4.78 is 11.1. The van der Waals surface area contributed by atoms with Crippen LogP contribution in [0, 0.1) is 5.92 Å². The molecule has 2 aromatic rings. The van der Waals surface area contributed by atoms with Crippen molar-refractivity contribution in [3.05, 3.63) is 59.7 Å². The van der Waals surface area contributed by atoms with Gasteiger partial charge < -0.3 is 19.5 Å². The number of benzene rings is 2. The molecule has 0 saturated carbocycles. The van der Waals surface area contributed by atoms with E-state index in [-0.39, 0.29) is 18.4 Å². The first-order valence-electron chi connectivity index (χ1n) is 9.51. The highest BCUT2D eigenvalue weighted by Gasteiger charge is 2.40. The number of ether oxygens (including phenoxy) is 2. The second-order valence-corrected chi connectivity index (χ2v) is 6.70. The van der Waals surface area contributed by atoms with E-state index < -0.39 is 11.9 Å². The molecule has 0 aromatic heterocycles. The lowest BCUT2D eigenvalue weighted by molar-refractivity contribution is -0.141. The highest BCUT2D eigenvalue weighted by molar-refractivity contribution is 5.95. The zero-order valence-corrected chi connectivity index (χ0v) is 16.1. The third-order valence-electron chi connectivity index (χ3n) is 4.94. The molecule has 28 heavy (non-hydrogen) atoms. The maximum atomic E-state index is 13.1. The Morgan fingerprint density at radius 3 is 2.32 bits per heavy atom. The summed E-state index contributed by atoms with van der Waals surface area (Å²) in [4.78, 5) is 26.4. The molecule has 0 spiro atoms. The molecule has 0 bridgehead atoms. The normalized spacial score (nSPS) is 18.7. The van der Waals surface area contributed by atoms with Crippen LogP contribution in [0.15, 0.2) is 48.5 Å². The fraction of sp³-hybridized carbons (Fsp3) is 0.364. The van der Waals surface area contributed by atoms with Crippen LogP contribution in [0.3, 0.4) is 0 Å². The lowest BCUT2D eigenvalue weighted by atomic mass is 9.89. The van der Waals surface area contributed by atoms with Gasteiger partial charge in [0.1, 0.15) is 0 Å². The second-order valence-electron chi connectivity index (χ2n) is 6.70. The maximum absolute atomic E-state index is 13.1. The first-order chi connectivity index (χ1) is 13.5. The molecule has 2 unspecified atom stereocenters. The second kappa shape index (κ2) is 8.78. The van der Waals surface area contributed by atoms with E-state index in [4.69, 9.17) is 9.47 Å². The Morgan fingerprint density at radius 1 is 1.00 bits per heavy atom. The number of aliphatic carboxylic acids is 1. The number of carboxylic acid groups (broad SMARTS) is 1. The molecule has 0 aliphatic carbocycles. The van der Waals surface area contributed by atoms with E-state index in [1.807, 2.05) is 44.2 Å². The minimum Gasteiger partial charge on any atom is -0.490 e. The van der Waals surface area contributed by atoms with Crippen molar-refractivity contribution in [1.29, 1.82) is 0 Å². The number of carbonyl (C=O) groups is 2. The molecule has 1 saturated heterocycles. The van der Waals surface area contributed by atoms with Crippen LogP contribution in [0.5, 0.6) is 11.5 Å². The van der Waals surface area contributed by atoms with Gasteiger partial charge in [0, 0.05) is 24.6 Å². The van der Waals surface area contributed by atoms with E-state index in [0.717, 1.165) is 5.56 Å². The molecule has 6 heteroatoms. The zero-order chi connectivity index (χ0) is 20.1. The van der Waals surface area contributed by atoms with Crippen molar-refractivity contribution in [2.45, 2.75) is 19.8 Å². The van der Waals surface area contributed by atoms with E-state index in [2.05, 4.69) is 0 Å². The molecule has 6 nitrogen and oxygen atoms in total. The van der Waals surface area contributed by atoms with Gasteiger partial charge in [0.05, 0.1) is 19.1 Å². The van der Waals surface area contributed by atoms with E-state index >= 15 is 0 Å². The van der Waals surface area contributed by atoms with Gasteiger partial charge in [-0.15, -0.1) is 0 Å². The first-order valence-corrected chi connectivity index (χ1v) is 9.51. The Labute approximate surface area is 164 Å². The standard InChI is InChI=1S/C22H25NO5/c1-3-27-19-11-10-16(12-20(19)28-4-2)21(24)23-13-17(18(14-23)22(25)26)15-8-6-5-7-9-15/h5-12,17-18H,3-4,13-14H2,1-2H3,(H,25,26). The molecular weight excluding hydrogens is 358 g/mol. The van der Waals surface area contributed by atoms with Crippen LogP contribution in [0.1, 0.15) is 35.7 Å². The number of carboxylic acids is 1. The molecule has 1 N–H and O–H groups in total. The van der Waals surface area contributed by atoms with Crippen molar-refractivity contribution in [3.63, 3.8) is 0 Å². The van der Waals surface area contributed by atoms with Gasteiger partial charge in [-0.05, 0) is 37.6 Å². The number of rotatable bonds is 7. The van der Waals surface area contributed by atoms with Crippen molar-refractivity contribution in [1.82, 2.24) is 4.90 Å². The summed E-state index contributed by atoms with van der Waals surface area (Å²) in [5.74, 6) is -0.826. The number of hydrogen-bond acceptors (Lipinski definition) is 4. The summed E-state index contributed by atoms with van der Waals surface area (Å²) in [6.45, 7) is 5.26. The van der Waals surface area contributed by atoms with E-state index in [9.17, 15) is 14.7 Å². The first kappa shape index (κ1) is 19.7. The molecule has 1 heterocycles.